The lowest BCUT2D eigenvalue weighted by molar-refractivity contribution is 0.0717. The van der Waals surface area contributed by atoms with Gasteiger partial charge in [0.2, 0.25) is 5.75 Å². The maximum absolute atomic E-state index is 13.2. The van der Waals surface area contributed by atoms with Gasteiger partial charge in [0.25, 0.3) is 5.91 Å². The van der Waals surface area contributed by atoms with Crippen LogP contribution < -0.4 is 14.2 Å². The van der Waals surface area contributed by atoms with E-state index in [4.69, 9.17) is 18.6 Å². The normalized spacial score (nSPS) is 10.5. The molecule has 0 saturated heterocycles. The largest absolute Gasteiger partial charge is 0.493 e. The Labute approximate surface area is 178 Å². The third-order valence-electron chi connectivity index (χ3n) is 4.40. The number of hydrogen-bond acceptors (Lipinski definition) is 5. The third-order valence-corrected chi connectivity index (χ3v) is 4.93. The number of hydrogen-bond donors (Lipinski definition) is 0. The van der Waals surface area contributed by atoms with Crippen molar-refractivity contribution in [1.29, 1.82) is 0 Å². The lowest BCUT2D eigenvalue weighted by Gasteiger charge is -2.23. The number of methoxy groups -OCH3 is 3. The first kappa shape index (κ1) is 20.8. The Bertz CT molecular complexity index is 929. The van der Waals surface area contributed by atoms with E-state index in [1.54, 1.807) is 50.7 Å². The molecule has 0 spiro atoms. The van der Waals surface area contributed by atoms with Gasteiger partial charge in [0.1, 0.15) is 5.76 Å². The van der Waals surface area contributed by atoms with E-state index in [0.29, 0.717) is 41.7 Å². The molecule has 0 bridgehead atoms. The SMILES string of the molecule is COc1cc(CN(Cc2ccco2)C(=O)c2ccc(Br)cc2)cc(OC)c1OC. The van der Waals surface area contributed by atoms with E-state index >= 15 is 0 Å². The van der Waals surface area contributed by atoms with E-state index < -0.39 is 0 Å². The second-order valence-corrected chi connectivity index (χ2v) is 7.20. The van der Waals surface area contributed by atoms with Gasteiger partial charge in [0.05, 0.1) is 34.1 Å². The zero-order chi connectivity index (χ0) is 20.8. The van der Waals surface area contributed by atoms with Crippen molar-refractivity contribution in [3.8, 4) is 17.2 Å². The minimum atomic E-state index is -0.109. The molecule has 0 atom stereocenters. The molecule has 7 heteroatoms. The predicted octanol–water partition coefficient (Wildman–Crippen LogP) is 4.91. The zero-order valence-electron chi connectivity index (χ0n) is 16.5. The van der Waals surface area contributed by atoms with Crippen LogP contribution >= 0.6 is 15.9 Å². The summed E-state index contributed by atoms with van der Waals surface area (Å²) in [6, 6.07) is 14.6. The molecule has 2 aromatic carbocycles. The lowest BCUT2D eigenvalue weighted by atomic mass is 10.1. The number of amides is 1. The van der Waals surface area contributed by atoms with Crippen molar-refractivity contribution in [2.45, 2.75) is 13.1 Å². The fourth-order valence-corrected chi connectivity index (χ4v) is 3.28. The van der Waals surface area contributed by atoms with Crippen LogP contribution in [0.2, 0.25) is 0 Å². The highest BCUT2D eigenvalue weighted by molar-refractivity contribution is 9.10. The standard InChI is InChI=1S/C22H22BrNO5/c1-26-19-11-15(12-20(27-2)21(19)28-3)13-24(14-18-5-4-10-29-18)22(25)16-6-8-17(23)9-7-16/h4-12H,13-14H2,1-3H3. The first-order valence-electron chi connectivity index (χ1n) is 8.91. The van der Waals surface area contributed by atoms with Gasteiger partial charge in [-0.2, -0.15) is 0 Å². The van der Waals surface area contributed by atoms with E-state index in [1.165, 1.54) is 0 Å². The summed E-state index contributed by atoms with van der Waals surface area (Å²) in [4.78, 5) is 14.9. The molecule has 0 fully saturated rings. The highest BCUT2D eigenvalue weighted by atomic mass is 79.9. The van der Waals surface area contributed by atoms with Crippen LogP contribution in [0.1, 0.15) is 21.7 Å². The molecule has 0 aliphatic rings. The molecule has 0 aliphatic heterocycles. The maximum Gasteiger partial charge on any atom is 0.254 e. The summed E-state index contributed by atoms with van der Waals surface area (Å²) in [5.74, 6) is 2.17. The molecular formula is C22H22BrNO5. The average molecular weight is 460 g/mol. The molecular weight excluding hydrogens is 438 g/mol. The molecule has 3 rings (SSSR count). The molecule has 0 saturated carbocycles. The second kappa shape index (κ2) is 9.52. The molecule has 1 amide bonds. The highest BCUT2D eigenvalue weighted by Crippen LogP contribution is 2.38. The highest BCUT2D eigenvalue weighted by Gasteiger charge is 2.20. The van der Waals surface area contributed by atoms with Crippen LogP contribution in [0.4, 0.5) is 0 Å². The van der Waals surface area contributed by atoms with Crippen LogP contribution in [0.25, 0.3) is 0 Å². The van der Waals surface area contributed by atoms with Gasteiger partial charge in [-0.1, -0.05) is 15.9 Å². The van der Waals surface area contributed by atoms with Gasteiger partial charge in [0.15, 0.2) is 11.5 Å². The Morgan fingerprint density at radius 2 is 1.62 bits per heavy atom. The Morgan fingerprint density at radius 1 is 0.966 bits per heavy atom. The number of rotatable bonds is 8. The first-order valence-corrected chi connectivity index (χ1v) is 9.71. The molecule has 3 aromatic rings. The quantitative estimate of drug-likeness (QED) is 0.478. The van der Waals surface area contributed by atoms with Crippen molar-refractivity contribution in [3.05, 3.63) is 76.2 Å². The van der Waals surface area contributed by atoms with Gasteiger partial charge in [-0.3, -0.25) is 4.79 Å². The number of furan rings is 1. The molecule has 1 aromatic heterocycles. The Kier molecular flexibility index (Phi) is 6.82. The van der Waals surface area contributed by atoms with Gasteiger partial charge in [-0.05, 0) is 54.1 Å². The van der Waals surface area contributed by atoms with E-state index in [0.717, 1.165) is 10.0 Å². The molecule has 0 radical (unpaired) electrons. The average Bonchev–Trinajstić information content (AvgIpc) is 3.25. The molecule has 152 valence electrons. The molecule has 0 N–H and O–H groups in total. The summed E-state index contributed by atoms with van der Waals surface area (Å²) in [7, 11) is 4.68. The van der Waals surface area contributed by atoms with Crippen LogP contribution in [0.15, 0.2) is 63.7 Å². The Hall–Kier alpha value is -2.93. The van der Waals surface area contributed by atoms with Crippen LogP contribution in [0, 0.1) is 0 Å². The molecule has 6 nitrogen and oxygen atoms in total. The topological polar surface area (TPSA) is 61.1 Å². The minimum Gasteiger partial charge on any atom is -0.493 e. The smallest absolute Gasteiger partial charge is 0.254 e. The fourth-order valence-electron chi connectivity index (χ4n) is 3.01. The number of nitrogens with zero attached hydrogens (tertiary/aromatic N) is 1. The van der Waals surface area contributed by atoms with Crippen molar-refractivity contribution in [1.82, 2.24) is 4.90 Å². The number of carbonyl (C=O) groups excluding carboxylic acids is 1. The van der Waals surface area contributed by atoms with Gasteiger partial charge in [-0.15, -0.1) is 0 Å². The van der Waals surface area contributed by atoms with Gasteiger partial charge in [0, 0.05) is 16.6 Å². The van der Waals surface area contributed by atoms with Crippen LogP contribution in [0.5, 0.6) is 17.2 Å². The Balaban J connectivity index is 1.94. The molecule has 29 heavy (non-hydrogen) atoms. The van der Waals surface area contributed by atoms with Crippen LogP contribution in [-0.4, -0.2) is 32.1 Å². The zero-order valence-corrected chi connectivity index (χ0v) is 18.1. The summed E-state index contributed by atoms with van der Waals surface area (Å²) in [5.41, 5.74) is 1.43. The number of ether oxygens (including phenoxy) is 3. The summed E-state index contributed by atoms with van der Waals surface area (Å²) in [6.07, 6.45) is 1.59. The second-order valence-electron chi connectivity index (χ2n) is 6.28. The third kappa shape index (κ3) is 4.92. The monoisotopic (exact) mass is 459 g/mol. The molecule has 0 aliphatic carbocycles. The number of carbonyl (C=O) groups is 1. The van der Waals surface area contributed by atoms with Gasteiger partial charge < -0.3 is 23.5 Å². The van der Waals surface area contributed by atoms with Crippen LogP contribution in [-0.2, 0) is 13.1 Å². The van der Waals surface area contributed by atoms with E-state index in [-0.39, 0.29) is 5.91 Å². The van der Waals surface area contributed by atoms with Crippen molar-refractivity contribution < 1.29 is 23.4 Å². The minimum absolute atomic E-state index is 0.109. The summed E-state index contributed by atoms with van der Waals surface area (Å²) in [5, 5.41) is 0. The maximum atomic E-state index is 13.2. The van der Waals surface area contributed by atoms with Crippen molar-refractivity contribution in [2.24, 2.45) is 0 Å². The fraction of sp³-hybridized carbons (Fsp3) is 0.227. The van der Waals surface area contributed by atoms with Gasteiger partial charge in [-0.25, -0.2) is 0 Å². The molecule has 1 heterocycles. The van der Waals surface area contributed by atoms with Gasteiger partial charge >= 0.3 is 0 Å². The van der Waals surface area contributed by atoms with Crippen molar-refractivity contribution in [3.63, 3.8) is 0 Å². The van der Waals surface area contributed by atoms with E-state index in [9.17, 15) is 4.79 Å². The van der Waals surface area contributed by atoms with E-state index in [2.05, 4.69) is 15.9 Å². The first-order chi connectivity index (χ1) is 14.0. The Morgan fingerprint density at radius 3 is 2.14 bits per heavy atom. The lowest BCUT2D eigenvalue weighted by Crippen LogP contribution is -2.30. The summed E-state index contributed by atoms with van der Waals surface area (Å²) < 4.78 is 22.6. The summed E-state index contributed by atoms with van der Waals surface area (Å²) in [6.45, 7) is 0.671. The predicted molar refractivity (Wildman–Crippen MR) is 113 cm³/mol. The summed E-state index contributed by atoms with van der Waals surface area (Å²) >= 11 is 3.40. The number of benzene rings is 2. The van der Waals surface area contributed by atoms with Crippen molar-refractivity contribution >= 4 is 21.8 Å². The molecule has 0 unspecified atom stereocenters. The van der Waals surface area contributed by atoms with E-state index in [1.807, 2.05) is 30.3 Å². The van der Waals surface area contributed by atoms with Crippen molar-refractivity contribution in [2.75, 3.05) is 21.3 Å². The van der Waals surface area contributed by atoms with Crippen LogP contribution in [0.3, 0.4) is 0 Å². The number of halogens is 1.